The van der Waals surface area contributed by atoms with E-state index in [1.165, 1.54) is 23.4 Å². The second-order valence-electron chi connectivity index (χ2n) is 4.76. The number of rotatable bonds is 5. The number of aromatic nitrogens is 1. The lowest BCUT2D eigenvalue weighted by molar-refractivity contribution is -0.115. The van der Waals surface area contributed by atoms with Crippen LogP contribution in [0, 0.1) is 13.8 Å². The molecule has 2 N–H and O–H groups in total. The van der Waals surface area contributed by atoms with Crippen LogP contribution in [0.15, 0.2) is 41.4 Å². The molecule has 0 atom stereocenters. The van der Waals surface area contributed by atoms with Crippen LogP contribution in [0.5, 0.6) is 5.75 Å². The van der Waals surface area contributed by atoms with Gasteiger partial charge in [0.25, 0.3) is 0 Å². The van der Waals surface area contributed by atoms with Gasteiger partial charge in [-0.2, -0.15) is 0 Å². The number of aryl methyl sites for hydroxylation is 2. The van der Waals surface area contributed by atoms with Gasteiger partial charge in [0.05, 0.1) is 0 Å². The molecule has 0 radical (unpaired) electrons. The number of amides is 1. The minimum Gasteiger partial charge on any atom is -0.504 e. The smallest absolute Gasteiger partial charge is 0.226 e. The number of carbonyl (C=O) groups excluding carboxylic acids is 1. The molecule has 1 heterocycles. The summed E-state index contributed by atoms with van der Waals surface area (Å²) < 4.78 is 0. The molecule has 0 bridgehead atoms. The maximum Gasteiger partial charge on any atom is 0.226 e. The molecular weight excluding hydrogens is 284 g/mol. The Bertz CT molecular complexity index is 644. The normalized spacial score (nSPS) is 10.4. The van der Waals surface area contributed by atoms with Crippen molar-refractivity contribution in [3.63, 3.8) is 0 Å². The summed E-state index contributed by atoms with van der Waals surface area (Å²) in [5.41, 5.74) is 2.52. The van der Waals surface area contributed by atoms with Gasteiger partial charge in [0.1, 0.15) is 0 Å². The molecule has 0 aliphatic rings. The number of hydrogen-bond acceptors (Lipinski definition) is 4. The lowest BCUT2D eigenvalue weighted by Gasteiger charge is -2.07. The van der Waals surface area contributed by atoms with Crippen molar-refractivity contribution in [2.24, 2.45) is 0 Å². The van der Waals surface area contributed by atoms with Gasteiger partial charge in [0.2, 0.25) is 5.91 Å². The molecule has 0 aliphatic carbocycles. The van der Waals surface area contributed by atoms with Gasteiger partial charge in [-0.3, -0.25) is 4.79 Å². The molecule has 1 aromatic heterocycles. The van der Waals surface area contributed by atoms with E-state index in [1.54, 1.807) is 17.8 Å². The first-order valence-electron chi connectivity index (χ1n) is 6.70. The van der Waals surface area contributed by atoms with E-state index in [-0.39, 0.29) is 17.5 Å². The summed E-state index contributed by atoms with van der Waals surface area (Å²) in [4.78, 5) is 16.9. The van der Waals surface area contributed by atoms with Gasteiger partial charge in [-0.25, -0.2) is 4.98 Å². The van der Waals surface area contributed by atoms with Gasteiger partial charge in [-0.05, 0) is 49.2 Å². The van der Waals surface area contributed by atoms with E-state index in [4.69, 9.17) is 0 Å². The number of nitrogens with zero attached hydrogens (tertiary/aromatic N) is 1. The summed E-state index contributed by atoms with van der Waals surface area (Å²) in [6.45, 7) is 4.16. The fourth-order valence-corrected chi connectivity index (χ4v) is 2.70. The first-order valence-corrected chi connectivity index (χ1v) is 7.68. The van der Waals surface area contributed by atoms with Crippen molar-refractivity contribution in [1.29, 1.82) is 0 Å². The molecule has 0 aliphatic heterocycles. The molecule has 0 saturated heterocycles. The molecule has 0 spiro atoms. The number of anilines is 1. The van der Waals surface area contributed by atoms with Gasteiger partial charge in [-0.15, -0.1) is 11.8 Å². The third kappa shape index (κ3) is 4.49. The number of thioether (sulfide) groups is 1. The highest BCUT2D eigenvalue weighted by atomic mass is 32.2. The molecule has 1 amide bonds. The molecule has 2 aromatic rings. The summed E-state index contributed by atoms with van der Waals surface area (Å²) in [6, 6.07) is 9.38. The van der Waals surface area contributed by atoms with Crippen LogP contribution in [0.1, 0.15) is 17.5 Å². The van der Waals surface area contributed by atoms with Crippen molar-refractivity contribution in [3.05, 3.63) is 47.7 Å². The first kappa shape index (κ1) is 15.4. The first-order chi connectivity index (χ1) is 10.1. The highest BCUT2D eigenvalue weighted by Gasteiger charge is 2.07. The average Bonchev–Trinajstić information content (AvgIpc) is 2.45. The second-order valence-corrected chi connectivity index (χ2v) is 5.93. The summed E-state index contributed by atoms with van der Waals surface area (Å²) in [6.07, 6.45) is 1.90. The third-order valence-corrected chi connectivity index (χ3v) is 4.12. The Hall–Kier alpha value is -2.01. The molecular formula is C16H18N2O2S. The summed E-state index contributed by atoms with van der Waals surface area (Å²) in [5, 5.41) is 12.1. The second kappa shape index (κ2) is 7.13. The minimum atomic E-state index is -0.152. The molecule has 1 aromatic carbocycles. The number of nitrogens with one attached hydrogen (secondary N) is 1. The lowest BCUT2D eigenvalue weighted by Crippen LogP contribution is -2.13. The predicted octanol–water partition coefficient (Wildman–Crippen LogP) is 3.52. The van der Waals surface area contributed by atoms with E-state index in [2.05, 4.69) is 42.3 Å². The van der Waals surface area contributed by atoms with Crippen molar-refractivity contribution in [3.8, 4) is 5.75 Å². The average molecular weight is 302 g/mol. The van der Waals surface area contributed by atoms with E-state index in [1.807, 2.05) is 0 Å². The Morgan fingerprint density at radius 3 is 2.81 bits per heavy atom. The van der Waals surface area contributed by atoms with Crippen LogP contribution in [0.3, 0.4) is 0 Å². The zero-order valence-electron chi connectivity index (χ0n) is 12.1. The van der Waals surface area contributed by atoms with Crippen LogP contribution in [0.25, 0.3) is 0 Å². The SMILES string of the molecule is Cc1ccc(SCCC(=O)Nc2ncccc2O)cc1C. The fourth-order valence-electron chi connectivity index (χ4n) is 1.75. The van der Waals surface area contributed by atoms with Crippen LogP contribution in [0.4, 0.5) is 5.82 Å². The maximum absolute atomic E-state index is 11.8. The number of hydrogen-bond donors (Lipinski definition) is 2. The molecule has 5 heteroatoms. The lowest BCUT2D eigenvalue weighted by atomic mass is 10.1. The van der Waals surface area contributed by atoms with Crippen LogP contribution < -0.4 is 5.32 Å². The van der Waals surface area contributed by atoms with Crippen LogP contribution >= 0.6 is 11.8 Å². The van der Waals surface area contributed by atoms with Crippen molar-refractivity contribution in [2.75, 3.05) is 11.1 Å². The monoisotopic (exact) mass is 302 g/mol. The van der Waals surface area contributed by atoms with Crippen LogP contribution in [-0.2, 0) is 4.79 Å². The zero-order valence-corrected chi connectivity index (χ0v) is 12.9. The topological polar surface area (TPSA) is 62.2 Å². The fraction of sp³-hybridized carbons (Fsp3) is 0.250. The highest BCUT2D eigenvalue weighted by Crippen LogP contribution is 2.22. The third-order valence-electron chi connectivity index (χ3n) is 3.12. The molecule has 0 fully saturated rings. The maximum atomic E-state index is 11.8. The largest absolute Gasteiger partial charge is 0.504 e. The van der Waals surface area contributed by atoms with E-state index >= 15 is 0 Å². The molecule has 2 rings (SSSR count). The van der Waals surface area contributed by atoms with Crippen LogP contribution in [-0.4, -0.2) is 21.8 Å². The summed E-state index contributed by atoms with van der Waals surface area (Å²) in [5.74, 6) is 0.716. The number of carbonyl (C=O) groups is 1. The van der Waals surface area contributed by atoms with E-state index in [0.717, 1.165) is 4.90 Å². The highest BCUT2D eigenvalue weighted by molar-refractivity contribution is 7.99. The zero-order chi connectivity index (χ0) is 15.2. The number of pyridine rings is 1. The Kier molecular flexibility index (Phi) is 5.22. The van der Waals surface area contributed by atoms with Crippen molar-refractivity contribution >= 4 is 23.5 Å². The number of benzene rings is 1. The van der Waals surface area contributed by atoms with Crippen molar-refractivity contribution in [2.45, 2.75) is 25.2 Å². The molecule has 0 unspecified atom stereocenters. The van der Waals surface area contributed by atoms with Gasteiger partial charge in [0, 0.05) is 23.3 Å². The summed E-state index contributed by atoms with van der Waals surface area (Å²) in [7, 11) is 0. The van der Waals surface area contributed by atoms with Gasteiger partial charge in [-0.1, -0.05) is 6.07 Å². The predicted molar refractivity (Wildman–Crippen MR) is 85.8 cm³/mol. The summed E-state index contributed by atoms with van der Waals surface area (Å²) >= 11 is 1.64. The Labute approximate surface area is 128 Å². The van der Waals surface area contributed by atoms with Crippen LogP contribution in [0.2, 0.25) is 0 Å². The van der Waals surface area contributed by atoms with Gasteiger partial charge >= 0.3 is 0 Å². The van der Waals surface area contributed by atoms with Gasteiger partial charge in [0.15, 0.2) is 11.6 Å². The Balaban J connectivity index is 1.82. The van der Waals surface area contributed by atoms with Crippen molar-refractivity contribution in [1.82, 2.24) is 4.98 Å². The number of aromatic hydroxyl groups is 1. The quantitative estimate of drug-likeness (QED) is 0.830. The Morgan fingerprint density at radius 1 is 1.29 bits per heavy atom. The molecule has 0 saturated carbocycles. The van der Waals surface area contributed by atoms with E-state index in [0.29, 0.717) is 12.2 Å². The molecule has 21 heavy (non-hydrogen) atoms. The van der Waals surface area contributed by atoms with Gasteiger partial charge < -0.3 is 10.4 Å². The Morgan fingerprint density at radius 2 is 2.10 bits per heavy atom. The van der Waals surface area contributed by atoms with E-state index < -0.39 is 0 Å². The standard InChI is InChI=1S/C16H18N2O2S/c1-11-5-6-13(10-12(11)2)21-9-7-15(20)18-16-14(19)4-3-8-17-16/h3-6,8,10,19H,7,9H2,1-2H3,(H,17,18,20). The van der Waals surface area contributed by atoms with E-state index in [9.17, 15) is 9.90 Å². The minimum absolute atomic E-state index is 0.0207. The molecule has 4 nitrogen and oxygen atoms in total. The van der Waals surface area contributed by atoms with Crippen molar-refractivity contribution < 1.29 is 9.90 Å². The molecule has 110 valence electrons.